The number of hydrogen-bond acceptors (Lipinski definition) is 7. The molecular weight excluding hydrogens is 392 g/mol. The lowest BCUT2D eigenvalue weighted by molar-refractivity contribution is 0.0671. The fourth-order valence-corrected chi connectivity index (χ4v) is 5.02. The number of rotatable bonds is 7. The summed E-state index contributed by atoms with van der Waals surface area (Å²) in [6.07, 6.45) is 8.74. The number of benzene rings is 1. The van der Waals surface area contributed by atoms with Gasteiger partial charge in [0.25, 0.3) is 0 Å². The van der Waals surface area contributed by atoms with Gasteiger partial charge in [0.15, 0.2) is 0 Å². The lowest BCUT2D eigenvalue weighted by atomic mass is 9.89. The lowest BCUT2D eigenvalue weighted by Gasteiger charge is -2.25. The van der Waals surface area contributed by atoms with Crippen LogP contribution < -0.4 is 15.4 Å². The van der Waals surface area contributed by atoms with E-state index in [1.54, 1.807) is 13.3 Å². The minimum Gasteiger partial charge on any atom is -0.497 e. The van der Waals surface area contributed by atoms with Gasteiger partial charge in [-0.2, -0.15) is 0 Å². The minimum absolute atomic E-state index is 0.0251. The highest BCUT2D eigenvalue weighted by Gasteiger charge is 2.47. The molecule has 0 radical (unpaired) electrons. The van der Waals surface area contributed by atoms with Crippen molar-refractivity contribution in [2.75, 3.05) is 32.2 Å². The van der Waals surface area contributed by atoms with Crippen LogP contribution in [0.4, 0.5) is 5.95 Å². The predicted molar refractivity (Wildman–Crippen MR) is 119 cm³/mol. The molecule has 5 rings (SSSR count). The first-order chi connectivity index (χ1) is 15.3. The van der Waals surface area contributed by atoms with Crippen LogP contribution in [0.2, 0.25) is 0 Å². The van der Waals surface area contributed by atoms with Crippen molar-refractivity contribution in [1.82, 2.24) is 15.3 Å². The van der Waals surface area contributed by atoms with E-state index in [1.807, 2.05) is 30.3 Å². The highest BCUT2D eigenvalue weighted by Crippen LogP contribution is 2.30. The molecule has 4 atom stereocenters. The summed E-state index contributed by atoms with van der Waals surface area (Å²) in [4.78, 5) is 9.12. The lowest BCUT2D eigenvalue weighted by Crippen LogP contribution is -2.44. The Hall–Kier alpha value is -2.22. The Morgan fingerprint density at radius 2 is 1.71 bits per heavy atom. The molecule has 2 saturated heterocycles. The van der Waals surface area contributed by atoms with Crippen LogP contribution in [0.5, 0.6) is 5.75 Å². The average Bonchev–Trinajstić information content (AvgIpc) is 3.42. The molecule has 1 saturated carbocycles. The highest BCUT2D eigenvalue weighted by atomic mass is 16.6. The van der Waals surface area contributed by atoms with Gasteiger partial charge < -0.3 is 24.8 Å². The molecule has 2 aromatic rings. The summed E-state index contributed by atoms with van der Waals surface area (Å²) in [5, 5.41) is 7.17. The van der Waals surface area contributed by atoms with E-state index in [0.717, 1.165) is 29.5 Å². The second-order valence-corrected chi connectivity index (χ2v) is 8.86. The molecule has 3 fully saturated rings. The van der Waals surface area contributed by atoms with Gasteiger partial charge >= 0.3 is 0 Å². The number of fused-ring (bicyclic) bond motifs is 1. The molecule has 166 valence electrons. The van der Waals surface area contributed by atoms with Gasteiger partial charge in [-0.15, -0.1) is 0 Å². The van der Waals surface area contributed by atoms with E-state index in [4.69, 9.17) is 19.2 Å². The molecule has 3 aliphatic rings. The topological polar surface area (TPSA) is 77.5 Å². The van der Waals surface area contributed by atoms with Crippen molar-refractivity contribution in [2.24, 2.45) is 5.92 Å². The normalized spacial score (nSPS) is 28.4. The molecule has 1 aromatic heterocycles. The highest BCUT2D eigenvalue weighted by molar-refractivity contribution is 5.61. The number of methoxy groups -OCH3 is 1. The number of ether oxygens (including phenoxy) is 3. The Labute approximate surface area is 183 Å². The number of anilines is 1. The SMILES string of the molecule is COc1ccc(-c2ccnc(NC3COC4C(NCC5CCCCC5)COC34)n2)cc1. The van der Waals surface area contributed by atoms with Crippen LogP contribution in [0, 0.1) is 5.92 Å². The maximum absolute atomic E-state index is 6.14. The number of hydrogen-bond donors (Lipinski definition) is 2. The summed E-state index contributed by atoms with van der Waals surface area (Å²) in [6, 6.07) is 10.1. The van der Waals surface area contributed by atoms with Gasteiger partial charge in [-0.3, -0.25) is 0 Å². The second kappa shape index (κ2) is 9.51. The van der Waals surface area contributed by atoms with E-state index in [2.05, 4.69) is 15.6 Å². The Bertz CT molecular complexity index is 856. The number of nitrogens with zero attached hydrogens (tertiary/aromatic N) is 2. The summed E-state index contributed by atoms with van der Waals surface area (Å²) < 4.78 is 17.5. The molecule has 0 amide bonds. The van der Waals surface area contributed by atoms with Crippen LogP contribution in [0.1, 0.15) is 32.1 Å². The fraction of sp³-hybridized carbons (Fsp3) is 0.583. The van der Waals surface area contributed by atoms with Crippen molar-refractivity contribution >= 4 is 5.95 Å². The van der Waals surface area contributed by atoms with Crippen LogP contribution in [-0.4, -0.2) is 61.1 Å². The van der Waals surface area contributed by atoms with E-state index >= 15 is 0 Å². The van der Waals surface area contributed by atoms with Crippen molar-refractivity contribution in [3.8, 4) is 17.0 Å². The van der Waals surface area contributed by atoms with Gasteiger partial charge in [0.05, 0.1) is 38.1 Å². The van der Waals surface area contributed by atoms with Gasteiger partial charge in [-0.05, 0) is 55.6 Å². The maximum Gasteiger partial charge on any atom is 0.223 e. The molecule has 2 N–H and O–H groups in total. The first-order valence-electron chi connectivity index (χ1n) is 11.5. The summed E-state index contributed by atoms with van der Waals surface area (Å²) in [5.74, 6) is 2.23. The first-order valence-corrected chi connectivity index (χ1v) is 11.5. The van der Waals surface area contributed by atoms with Gasteiger partial charge in [-0.25, -0.2) is 9.97 Å². The quantitative estimate of drug-likeness (QED) is 0.706. The molecule has 2 aliphatic heterocycles. The third kappa shape index (κ3) is 4.68. The Balaban J connectivity index is 1.18. The smallest absolute Gasteiger partial charge is 0.223 e. The third-order valence-corrected chi connectivity index (χ3v) is 6.80. The molecule has 0 bridgehead atoms. The van der Waals surface area contributed by atoms with Gasteiger partial charge in [0, 0.05) is 11.8 Å². The summed E-state index contributed by atoms with van der Waals surface area (Å²) >= 11 is 0. The zero-order valence-electron chi connectivity index (χ0n) is 18.1. The molecule has 4 unspecified atom stereocenters. The molecule has 7 nitrogen and oxygen atoms in total. The van der Waals surface area contributed by atoms with Crippen molar-refractivity contribution < 1.29 is 14.2 Å². The van der Waals surface area contributed by atoms with Crippen molar-refractivity contribution in [3.63, 3.8) is 0 Å². The molecule has 0 spiro atoms. The van der Waals surface area contributed by atoms with E-state index in [1.165, 1.54) is 32.1 Å². The van der Waals surface area contributed by atoms with Crippen molar-refractivity contribution in [3.05, 3.63) is 36.5 Å². The summed E-state index contributed by atoms with van der Waals surface area (Å²) in [6.45, 7) is 2.38. The molecule has 31 heavy (non-hydrogen) atoms. The first kappa shape index (κ1) is 20.7. The van der Waals surface area contributed by atoms with E-state index in [-0.39, 0.29) is 24.3 Å². The zero-order chi connectivity index (χ0) is 21.0. The van der Waals surface area contributed by atoms with Crippen molar-refractivity contribution in [1.29, 1.82) is 0 Å². The van der Waals surface area contributed by atoms with Crippen LogP contribution >= 0.6 is 0 Å². The monoisotopic (exact) mass is 424 g/mol. The standard InChI is InChI=1S/C24H32N4O3/c1-29-18-9-7-17(8-10-18)19-11-12-25-24(27-19)28-21-15-31-22-20(14-30-23(21)22)26-13-16-5-3-2-4-6-16/h7-12,16,20-23,26H,2-6,13-15H2,1H3,(H,25,27,28). The molecule has 1 aromatic carbocycles. The Morgan fingerprint density at radius 1 is 0.968 bits per heavy atom. The minimum atomic E-state index is 0.0251. The van der Waals surface area contributed by atoms with Gasteiger partial charge in [0.2, 0.25) is 5.95 Å². The fourth-order valence-electron chi connectivity index (χ4n) is 5.02. The third-order valence-electron chi connectivity index (χ3n) is 6.80. The van der Waals surface area contributed by atoms with Gasteiger partial charge in [-0.1, -0.05) is 19.3 Å². The summed E-state index contributed by atoms with van der Waals surface area (Å²) in [5.41, 5.74) is 1.89. The Morgan fingerprint density at radius 3 is 2.48 bits per heavy atom. The van der Waals surface area contributed by atoms with Crippen molar-refractivity contribution in [2.45, 2.75) is 56.4 Å². The molecule has 3 heterocycles. The van der Waals surface area contributed by atoms with Crippen LogP contribution in [0.3, 0.4) is 0 Å². The zero-order valence-corrected chi connectivity index (χ0v) is 18.1. The molecule has 1 aliphatic carbocycles. The Kier molecular flexibility index (Phi) is 6.34. The number of nitrogens with one attached hydrogen (secondary N) is 2. The average molecular weight is 425 g/mol. The molecular formula is C24H32N4O3. The van der Waals surface area contributed by atoms with Gasteiger partial charge in [0.1, 0.15) is 18.0 Å². The van der Waals surface area contributed by atoms with Crippen LogP contribution in [-0.2, 0) is 9.47 Å². The van der Waals surface area contributed by atoms with Crippen LogP contribution in [0.15, 0.2) is 36.5 Å². The van der Waals surface area contributed by atoms with E-state index < -0.39 is 0 Å². The predicted octanol–water partition coefficient (Wildman–Crippen LogP) is 3.27. The maximum atomic E-state index is 6.14. The molecule has 7 heteroatoms. The van der Waals surface area contributed by atoms with E-state index in [9.17, 15) is 0 Å². The van der Waals surface area contributed by atoms with E-state index in [0.29, 0.717) is 19.2 Å². The number of aromatic nitrogens is 2. The second-order valence-electron chi connectivity index (χ2n) is 8.86. The largest absolute Gasteiger partial charge is 0.497 e. The van der Waals surface area contributed by atoms with Crippen LogP contribution in [0.25, 0.3) is 11.3 Å². The summed E-state index contributed by atoms with van der Waals surface area (Å²) in [7, 11) is 1.67.